The maximum atomic E-state index is 13.3. The first-order valence-corrected chi connectivity index (χ1v) is 10.3. The molecule has 1 fully saturated rings. The number of carbonyl (C=O) groups excluding carboxylic acids is 2. The standard InChI is InChI=1S/C25H28N2O2/c1-4-19(14-18-10-6-5-7-11-18)24(29)26-15-22-20-12-8-9-13-21(20)25(2,3)17-27(22)23(28)16-26/h5-14,22H,4,15-17H2,1-3H3/b19-14+. The number of hydrogen-bond acceptors (Lipinski definition) is 2. The molecular weight excluding hydrogens is 360 g/mol. The van der Waals surface area contributed by atoms with E-state index >= 15 is 0 Å². The highest BCUT2D eigenvalue weighted by Gasteiger charge is 2.44. The van der Waals surface area contributed by atoms with Crippen molar-refractivity contribution < 1.29 is 9.59 Å². The predicted molar refractivity (Wildman–Crippen MR) is 115 cm³/mol. The summed E-state index contributed by atoms with van der Waals surface area (Å²) in [7, 11) is 0. The van der Waals surface area contributed by atoms with Crippen molar-refractivity contribution in [1.29, 1.82) is 0 Å². The molecule has 2 aromatic carbocycles. The third kappa shape index (κ3) is 3.59. The molecule has 0 aromatic heterocycles. The van der Waals surface area contributed by atoms with Gasteiger partial charge in [0.25, 0.3) is 0 Å². The lowest BCUT2D eigenvalue weighted by Gasteiger charge is -2.49. The molecule has 1 atom stereocenters. The van der Waals surface area contributed by atoms with Gasteiger partial charge >= 0.3 is 0 Å². The lowest BCUT2D eigenvalue weighted by Crippen LogP contribution is -2.58. The van der Waals surface area contributed by atoms with Gasteiger partial charge in [0.05, 0.1) is 6.04 Å². The van der Waals surface area contributed by atoms with Gasteiger partial charge in [-0.3, -0.25) is 9.59 Å². The van der Waals surface area contributed by atoms with Crippen LogP contribution in [0, 0.1) is 0 Å². The van der Waals surface area contributed by atoms with E-state index in [0.29, 0.717) is 19.5 Å². The normalized spacial score (nSPS) is 20.9. The zero-order valence-electron chi connectivity index (χ0n) is 17.4. The molecule has 2 aliphatic heterocycles. The molecule has 0 saturated carbocycles. The quantitative estimate of drug-likeness (QED) is 0.740. The Labute approximate surface area is 172 Å². The fourth-order valence-corrected chi connectivity index (χ4v) is 4.60. The Morgan fingerprint density at radius 1 is 1.10 bits per heavy atom. The summed E-state index contributed by atoms with van der Waals surface area (Å²) in [5.74, 6) is -0.000917. The topological polar surface area (TPSA) is 40.6 Å². The molecule has 0 aliphatic carbocycles. The third-order valence-corrected chi connectivity index (χ3v) is 6.11. The lowest BCUT2D eigenvalue weighted by molar-refractivity contribution is -0.148. The Balaban J connectivity index is 1.64. The lowest BCUT2D eigenvalue weighted by atomic mass is 9.75. The van der Waals surface area contributed by atoms with Gasteiger partial charge in [-0.1, -0.05) is 75.4 Å². The van der Waals surface area contributed by atoms with Crippen LogP contribution in [-0.2, 0) is 15.0 Å². The van der Waals surface area contributed by atoms with Crippen LogP contribution in [0.3, 0.4) is 0 Å². The molecule has 0 spiro atoms. The minimum Gasteiger partial charge on any atom is -0.331 e. The van der Waals surface area contributed by atoms with Crippen LogP contribution in [0.25, 0.3) is 6.08 Å². The number of piperazine rings is 1. The molecule has 2 aliphatic rings. The Morgan fingerprint density at radius 2 is 1.79 bits per heavy atom. The first kappa shape index (κ1) is 19.4. The van der Waals surface area contributed by atoms with Gasteiger partial charge in [0, 0.05) is 24.1 Å². The Morgan fingerprint density at radius 3 is 2.52 bits per heavy atom. The highest BCUT2D eigenvalue weighted by Crippen LogP contribution is 2.41. The molecule has 0 radical (unpaired) electrons. The van der Waals surface area contributed by atoms with E-state index in [0.717, 1.165) is 11.1 Å². The van der Waals surface area contributed by atoms with Crippen LogP contribution in [0.15, 0.2) is 60.2 Å². The third-order valence-electron chi connectivity index (χ3n) is 6.11. The van der Waals surface area contributed by atoms with Gasteiger partial charge < -0.3 is 9.80 Å². The molecule has 4 heteroatoms. The second-order valence-corrected chi connectivity index (χ2v) is 8.63. The van der Waals surface area contributed by atoms with E-state index in [1.165, 1.54) is 11.1 Å². The summed E-state index contributed by atoms with van der Waals surface area (Å²) < 4.78 is 0. The first-order valence-electron chi connectivity index (χ1n) is 10.3. The van der Waals surface area contributed by atoms with Gasteiger partial charge in [0.15, 0.2) is 0 Å². The van der Waals surface area contributed by atoms with Crippen molar-refractivity contribution in [2.45, 2.75) is 38.6 Å². The highest BCUT2D eigenvalue weighted by atomic mass is 16.2. The molecule has 29 heavy (non-hydrogen) atoms. The van der Waals surface area contributed by atoms with E-state index in [9.17, 15) is 9.59 Å². The SMILES string of the molecule is CC/C(=C\c1ccccc1)C(=O)N1CC(=O)N2CC(C)(C)c3ccccc3C2C1. The summed E-state index contributed by atoms with van der Waals surface area (Å²) in [4.78, 5) is 30.0. The highest BCUT2D eigenvalue weighted by molar-refractivity contribution is 6.00. The minimum absolute atomic E-state index is 0.0346. The summed E-state index contributed by atoms with van der Waals surface area (Å²) in [6.07, 6.45) is 2.58. The van der Waals surface area contributed by atoms with Gasteiger partial charge in [0.1, 0.15) is 6.54 Å². The molecule has 4 nitrogen and oxygen atoms in total. The second-order valence-electron chi connectivity index (χ2n) is 8.63. The van der Waals surface area contributed by atoms with Crippen molar-refractivity contribution in [2.75, 3.05) is 19.6 Å². The molecule has 0 N–H and O–H groups in total. The van der Waals surface area contributed by atoms with Crippen molar-refractivity contribution in [3.8, 4) is 0 Å². The minimum atomic E-state index is -0.0866. The molecule has 4 rings (SSSR count). The van der Waals surface area contributed by atoms with Crippen molar-refractivity contribution >= 4 is 17.9 Å². The van der Waals surface area contributed by atoms with Gasteiger partial charge in [0.2, 0.25) is 11.8 Å². The maximum Gasteiger partial charge on any atom is 0.250 e. The van der Waals surface area contributed by atoms with Crippen LogP contribution in [0.4, 0.5) is 0 Å². The van der Waals surface area contributed by atoms with Gasteiger partial charge in [-0.15, -0.1) is 0 Å². The fourth-order valence-electron chi connectivity index (χ4n) is 4.60. The average Bonchev–Trinajstić information content (AvgIpc) is 2.73. The Kier molecular flexibility index (Phi) is 5.03. The molecular formula is C25H28N2O2. The summed E-state index contributed by atoms with van der Waals surface area (Å²) in [5, 5.41) is 0. The van der Waals surface area contributed by atoms with Gasteiger partial charge in [-0.2, -0.15) is 0 Å². The number of fused-ring (bicyclic) bond motifs is 3. The van der Waals surface area contributed by atoms with E-state index < -0.39 is 0 Å². The van der Waals surface area contributed by atoms with E-state index in [4.69, 9.17) is 0 Å². The van der Waals surface area contributed by atoms with Crippen molar-refractivity contribution in [1.82, 2.24) is 9.80 Å². The van der Waals surface area contributed by atoms with Gasteiger partial charge in [-0.25, -0.2) is 0 Å². The zero-order valence-corrected chi connectivity index (χ0v) is 17.4. The van der Waals surface area contributed by atoms with Crippen LogP contribution in [0.2, 0.25) is 0 Å². The number of benzene rings is 2. The molecule has 1 saturated heterocycles. The van der Waals surface area contributed by atoms with Crippen molar-refractivity contribution in [2.24, 2.45) is 0 Å². The summed E-state index contributed by atoms with van der Waals surface area (Å²) in [6, 6.07) is 18.2. The van der Waals surface area contributed by atoms with Crippen LogP contribution < -0.4 is 0 Å². The number of amides is 2. The average molecular weight is 389 g/mol. The number of carbonyl (C=O) groups is 2. The van der Waals surface area contributed by atoms with Crippen molar-refractivity contribution in [3.05, 3.63) is 76.9 Å². The van der Waals surface area contributed by atoms with Crippen LogP contribution in [0.1, 0.15) is 49.9 Å². The summed E-state index contributed by atoms with van der Waals surface area (Å²) >= 11 is 0. The number of hydrogen-bond donors (Lipinski definition) is 0. The largest absolute Gasteiger partial charge is 0.331 e. The molecule has 150 valence electrons. The van der Waals surface area contributed by atoms with E-state index in [1.54, 1.807) is 4.90 Å². The molecule has 2 amide bonds. The smallest absolute Gasteiger partial charge is 0.250 e. The van der Waals surface area contributed by atoms with Crippen molar-refractivity contribution in [3.63, 3.8) is 0 Å². The zero-order chi connectivity index (χ0) is 20.6. The van der Waals surface area contributed by atoms with Crippen LogP contribution in [-0.4, -0.2) is 41.2 Å². The summed E-state index contributed by atoms with van der Waals surface area (Å²) in [5.41, 5.74) is 4.10. The van der Waals surface area contributed by atoms with E-state index in [2.05, 4.69) is 32.0 Å². The predicted octanol–water partition coefficient (Wildman–Crippen LogP) is 4.18. The van der Waals surface area contributed by atoms with E-state index in [-0.39, 0.29) is 29.8 Å². The molecule has 0 bridgehead atoms. The monoisotopic (exact) mass is 388 g/mol. The fraction of sp³-hybridized carbons (Fsp3) is 0.360. The Bertz CT molecular complexity index is 962. The van der Waals surface area contributed by atoms with E-state index in [1.807, 2.05) is 54.3 Å². The molecule has 2 heterocycles. The second kappa shape index (κ2) is 7.51. The number of rotatable bonds is 3. The Hall–Kier alpha value is -2.88. The number of nitrogens with zero attached hydrogens (tertiary/aromatic N) is 2. The van der Waals surface area contributed by atoms with Crippen LogP contribution >= 0.6 is 0 Å². The van der Waals surface area contributed by atoms with Gasteiger partial charge in [-0.05, 0) is 29.2 Å². The molecule has 2 aromatic rings. The summed E-state index contributed by atoms with van der Waals surface area (Å²) in [6.45, 7) is 7.75. The van der Waals surface area contributed by atoms with Crippen LogP contribution in [0.5, 0.6) is 0 Å². The first-order chi connectivity index (χ1) is 13.9. The maximum absolute atomic E-state index is 13.3. The molecule has 1 unspecified atom stereocenters.